The molecule has 0 aliphatic heterocycles. The van der Waals surface area contributed by atoms with Gasteiger partial charge < -0.3 is 14.4 Å². The molecule has 1 unspecified atom stereocenters. The third kappa shape index (κ3) is 8.11. The SMILES string of the molecule is O=C(c1ccccc1)c1cc(C(=O)c2ccccc2)cc(C2(c3cc(N(c4ccccc4)c4ccccc4)cc(N(c4ccccc4)c4ccccc4)c3)c3ccccc3-c3cc4c(cc32)c2ccccc2n4-c2ccccc2)c1. The minimum absolute atomic E-state index is 0.175. The van der Waals surface area contributed by atoms with E-state index in [1.807, 2.05) is 60.7 Å². The van der Waals surface area contributed by atoms with Gasteiger partial charge in [-0.1, -0.05) is 194 Å². The lowest BCUT2D eigenvalue weighted by Gasteiger charge is -2.37. The maximum Gasteiger partial charge on any atom is 0.193 e. The van der Waals surface area contributed by atoms with Crippen molar-refractivity contribution in [2.75, 3.05) is 9.80 Å². The Balaban J connectivity index is 1.17. The van der Waals surface area contributed by atoms with Gasteiger partial charge in [-0.05, 0) is 149 Å². The van der Waals surface area contributed by atoms with Crippen molar-refractivity contribution in [3.05, 3.63) is 354 Å². The molecule has 1 heterocycles. The summed E-state index contributed by atoms with van der Waals surface area (Å²) in [6, 6.07) is 106. The Labute approximate surface area is 465 Å². The van der Waals surface area contributed by atoms with E-state index >= 15 is 9.59 Å². The van der Waals surface area contributed by atoms with Crippen molar-refractivity contribution >= 4 is 67.5 Å². The minimum Gasteiger partial charge on any atom is -0.310 e. The second-order valence-corrected chi connectivity index (χ2v) is 20.3. The Kier molecular flexibility index (Phi) is 12.0. The number of rotatable bonds is 13. The van der Waals surface area contributed by atoms with Crippen LogP contribution >= 0.6 is 0 Å². The molecule has 0 spiro atoms. The van der Waals surface area contributed by atoms with E-state index in [2.05, 4.69) is 257 Å². The van der Waals surface area contributed by atoms with E-state index in [9.17, 15) is 0 Å². The van der Waals surface area contributed by atoms with Crippen LogP contribution in [0.1, 0.15) is 54.1 Å². The maximum absolute atomic E-state index is 15.3. The number of carbonyl (C=O) groups is 2. The molecule has 0 radical (unpaired) electrons. The number of anilines is 6. The van der Waals surface area contributed by atoms with Crippen LogP contribution in [0.25, 0.3) is 38.6 Å². The summed E-state index contributed by atoms with van der Waals surface area (Å²) in [5.74, 6) is -0.351. The number of hydrogen-bond acceptors (Lipinski definition) is 4. The summed E-state index contributed by atoms with van der Waals surface area (Å²) >= 11 is 0. The molecule has 14 rings (SSSR count). The maximum atomic E-state index is 15.3. The highest BCUT2D eigenvalue weighted by Crippen LogP contribution is 2.59. The number of hydrogen-bond donors (Lipinski definition) is 0. The van der Waals surface area contributed by atoms with Crippen LogP contribution in [-0.4, -0.2) is 16.1 Å². The number of fused-ring (bicyclic) bond motifs is 6. The van der Waals surface area contributed by atoms with E-state index in [0.29, 0.717) is 22.3 Å². The average molecular weight is 1030 g/mol. The predicted molar refractivity (Wildman–Crippen MR) is 327 cm³/mol. The Morgan fingerprint density at radius 1 is 0.287 bits per heavy atom. The second-order valence-electron chi connectivity index (χ2n) is 20.3. The van der Waals surface area contributed by atoms with Gasteiger partial charge in [0.25, 0.3) is 0 Å². The fourth-order valence-electron chi connectivity index (χ4n) is 12.3. The smallest absolute Gasteiger partial charge is 0.193 e. The van der Waals surface area contributed by atoms with E-state index < -0.39 is 5.41 Å². The molecule has 5 nitrogen and oxygen atoms in total. The van der Waals surface area contributed by atoms with E-state index in [1.165, 1.54) is 0 Å². The zero-order valence-corrected chi connectivity index (χ0v) is 43.6. The fourth-order valence-corrected chi connectivity index (χ4v) is 12.3. The molecule has 0 fully saturated rings. The van der Waals surface area contributed by atoms with Crippen molar-refractivity contribution in [2.45, 2.75) is 5.41 Å². The Morgan fingerprint density at radius 2 is 0.700 bits per heavy atom. The van der Waals surface area contributed by atoms with Gasteiger partial charge >= 0.3 is 0 Å². The van der Waals surface area contributed by atoms with E-state index in [0.717, 1.165) is 95.0 Å². The molecule has 1 aliphatic carbocycles. The van der Waals surface area contributed by atoms with Gasteiger partial charge in [0.05, 0.1) is 16.4 Å². The Hall–Kier alpha value is -10.6. The summed E-state index contributed by atoms with van der Waals surface area (Å²) in [4.78, 5) is 35.3. The van der Waals surface area contributed by atoms with Crippen molar-refractivity contribution < 1.29 is 9.59 Å². The number of para-hydroxylation sites is 6. The summed E-state index contributed by atoms with van der Waals surface area (Å²) in [6.07, 6.45) is 0. The van der Waals surface area contributed by atoms with Gasteiger partial charge in [-0.15, -0.1) is 0 Å². The third-order valence-electron chi connectivity index (χ3n) is 15.7. The monoisotopic (exact) mass is 1030 g/mol. The fraction of sp³-hybridized carbons (Fsp3) is 0.0133. The lowest BCUT2D eigenvalue weighted by atomic mass is 9.66. The second kappa shape index (κ2) is 20.1. The summed E-state index contributed by atoms with van der Waals surface area (Å²) < 4.78 is 2.37. The first kappa shape index (κ1) is 47.8. The van der Waals surface area contributed by atoms with Crippen LogP contribution in [-0.2, 0) is 5.41 Å². The van der Waals surface area contributed by atoms with E-state index in [1.54, 1.807) is 6.07 Å². The van der Waals surface area contributed by atoms with Crippen molar-refractivity contribution in [3.8, 4) is 16.8 Å². The van der Waals surface area contributed by atoms with Crippen LogP contribution in [0.15, 0.2) is 309 Å². The molecule has 378 valence electrons. The topological polar surface area (TPSA) is 45.6 Å². The van der Waals surface area contributed by atoms with Gasteiger partial charge in [-0.2, -0.15) is 0 Å². The van der Waals surface area contributed by atoms with Crippen LogP contribution in [0.3, 0.4) is 0 Å². The van der Waals surface area contributed by atoms with Crippen molar-refractivity contribution in [3.63, 3.8) is 0 Å². The normalized spacial score (nSPS) is 13.4. The Bertz CT molecular complexity index is 4180. The van der Waals surface area contributed by atoms with Crippen molar-refractivity contribution in [2.24, 2.45) is 0 Å². The number of carbonyl (C=O) groups excluding carboxylic acids is 2. The molecule has 0 saturated heterocycles. The quantitative estimate of drug-likeness (QED) is 0.108. The first-order valence-electron chi connectivity index (χ1n) is 27.1. The molecule has 1 aromatic heterocycles. The summed E-state index contributed by atoms with van der Waals surface area (Å²) in [5.41, 5.74) is 15.6. The van der Waals surface area contributed by atoms with Crippen LogP contribution in [0, 0.1) is 0 Å². The number of ketones is 2. The molecule has 0 saturated carbocycles. The van der Waals surface area contributed by atoms with Gasteiger partial charge in [0.1, 0.15) is 0 Å². The number of nitrogens with zero attached hydrogens (tertiary/aromatic N) is 3. The van der Waals surface area contributed by atoms with Gasteiger partial charge in [-0.25, -0.2) is 0 Å². The lowest BCUT2D eigenvalue weighted by molar-refractivity contribution is 0.103. The zero-order chi connectivity index (χ0) is 53.6. The van der Waals surface area contributed by atoms with E-state index in [-0.39, 0.29) is 11.6 Å². The van der Waals surface area contributed by atoms with Gasteiger partial charge in [-0.3, -0.25) is 9.59 Å². The number of benzene rings is 12. The van der Waals surface area contributed by atoms with Crippen molar-refractivity contribution in [1.82, 2.24) is 4.57 Å². The van der Waals surface area contributed by atoms with Gasteiger partial charge in [0, 0.05) is 72.8 Å². The molecule has 12 aromatic carbocycles. The molecule has 13 aromatic rings. The predicted octanol–water partition coefficient (Wildman–Crippen LogP) is 18.5. The largest absolute Gasteiger partial charge is 0.310 e. The average Bonchev–Trinajstić information content (AvgIpc) is 4.10. The minimum atomic E-state index is -1.17. The molecular formula is C75H51N3O2. The molecular weight excluding hydrogens is 975 g/mol. The first-order valence-corrected chi connectivity index (χ1v) is 27.1. The first-order chi connectivity index (χ1) is 39.5. The summed E-state index contributed by atoms with van der Waals surface area (Å²) in [5, 5.41) is 2.19. The molecule has 0 bridgehead atoms. The summed E-state index contributed by atoms with van der Waals surface area (Å²) in [7, 11) is 0. The van der Waals surface area contributed by atoms with Gasteiger partial charge in [0.15, 0.2) is 11.6 Å². The van der Waals surface area contributed by atoms with Crippen LogP contribution in [0.5, 0.6) is 0 Å². The van der Waals surface area contributed by atoms with Crippen molar-refractivity contribution in [1.29, 1.82) is 0 Å². The van der Waals surface area contributed by atoms with E-state index in [4.69, 9.17) is 0 Å². The highest BCUT2D eigenvalue weighted by Gasteiger charge is 2.48. The highest BCUT2D eigenvalue weighted by atomic mass is 16.1. The summed E-state index contributed by atoms with van der Waals surface area (Å²) in [6.45, 7) is 0. The van der Waals surface area contributed by atoms with Crippen LogP contribution in [0.2, 0.25) is 0 Å². The highest BCUT2D eigenvalue weighted by molar-refractivity contribution is 6.15. The van der Waals surface area contributed by atoms with Crippen LogP contribution < -0.4 is 9.80 Å². The third-order valence-corrected chi connectivity index (χ3v) is 15.7. The molecule has 1 aliphatic rings. The molecule has 5 heteroatoms. The standard InChI is InChI=1S/C75H51N3O2/c79-73(52-26-8-1-9-27-52)54-44-55(74(80)53-28-10-2-11-29-53)46-56(45-54)75(69-42-24-22-40-65(69)67-51-72-68(50-70(67)75)66-41-23-25-43-71(66)78(72)62-38-20-7-21-39-62)57-47-63(76(58-30-12-3-13-31-58)59-32-14-4-15-33-59)49-64(48-57)77(60-34-16-5-17-35-60)61-36-18-6-19-37-61/h1-51H. The molecule has 0 N–H and O–H groups in total. The van der Waals surface area contributed by atoms with Gasteiger partial charge in [0.2, 0.25) is 0 Å². The Morgan fingerprint density at radius 3 is 1.20 bits per heavy atom. The van der Waals surface area contributed by atoms with Crippen LogP contribution in [0.4, 0.5) is 34.1 Å². The zero-order valence-electron chi connectivity index (χ0n) is 43.6. The molecule has 1 atom stereocenters. The molecule has 0 amide bonds. The number of aromatic nitrogens is 1. The molecule has 80 heavy (non-hydrogen) atoms. The lowest BCUT2D eigenvalue weighted by Crippen LogP contribution is -2.30.